The fraction of sp³-hybridized carbons (Fsp3) is 0.321. The van der Waals surface area contributed by atoms with E-state index in [9.17, 15) is 9.59 Å². The fourth-order valence-corrected chi connectivity index (χ4v) is 6.27. The molecule has 2 aromatic carbocycles. The molecule has 5 nitrogen and oxygen atoms in total. The van der Waals surface area contributed by atoms with Crippen LogP contribution in [0.15, 0.2) is 65.7 Å². The molecule has 180 valence electrons. The van der Waals surface area contributed by atoms with E-state index in [-0.39, 0.29) is 18.4 Å². The van der Waals surface area contributed by atoms with Crippen molar-refractivity contribution in [2.24, 2.45) is 5.92 Å². The minimum atomic E-state index is -0.0561. The van der Waals surface area contributed by atoms with Gasteiger partial charge in [-0.2, -0.15) is 0 Å². The van der Waals surface area contributed by atoms with Crippen LogP contribution in [0.1, 0.15) is 43.2 Å². The molecule has 0 spiro atoms. The summed E-state index contributed by atoms with van der Waals surface area (Å²) in [5, 5.41) is 4.01. The summed E-state index contributed by atoms with van der Waals surface area (Å²) in [6, 6.07) is 17.8. The maximum Gasteiger partial charge on any atom is 0.266 e. The normalized spacial score (nSPS) is 17.7. The summed E-state index contributed by atoms with van der Waals surface area (Å²) in [5.41, 5.74) is 2.95. The van der Waals surface area contributed by atoms with Crippen LogP contribution in [0.3, 0.4) is 0 Å². The molecule has 2 fully saturated rings. The van der Waals surface area contributed by atoms with Gasteiger partial charge >= 0.3 is 0 Å². The van der Waals surface area contributed by atoms with E-state index in [0.717, 1.165) is 34.4 Å². The lowest BCUT2D eigenvalue weighted by molar-refractivity contribution is -0.122. The van der Waals surface area contributed by atoms with Crippen molar-refractivity contribution in [2.45, 2.75) is 45.2 Å². The zero-order valence-electron chi connectivity index (χ0n) is 19.6. The van der Waals surface area contributed by atoms with Gasteiger partial charge in [-0.3, -0.25) is 14.5 Å². The second-order valence-electron chi connectivity index (χ2n) is 9.26. The number of hydrogen-bond acceptors (Lipinski definition) is 4. The molecule has 1 aromatic heterocycles. The molecule has 1 N–H and O–H groups in total. The number of thioether (sulfide) groups is 1. The van der Waals surface area contributed by atoms with Crippen molar-refractivity contribution in [3.05, 3.63) is 76.8 Å². The molecule has 0 unspecified atom stereocenters. The van der Waals surface area contributed by atoms with E-state index in [1.54, 1.807) is 4.90 Å². The highest BCUT2D eigenvalue weighted by molar-refractivity contribution is 8.26. The van der Waals surface area contributed by atoms with E-state index >= 15 is 0 Å². The molecule has 35 heavy (non-hydrogen) atoms. The Kier molecular flexibility index (Phi) is 7.35. The number of carbonyl (C=O) groups is 2. The van der Waals surface area contributed by atoms with Gasteiger partial charge in [0.2, 0.25) is 5.91 Å². The number of rotatable bonds is 8. The van der Waals surface area contributed by atoms with Gasteiger partial charge in [0.15, 0.2) is 0 Å². The number of fused-ring (bicyclic) bond motifs is 1. The average Bonchev–Trinajstić information content (AvgIpc) is 3.57. The van der Waals surface area contributed by atoms with Crippen LogP contribution in [0.5, 0.6) is 0 Å². The van der Waals surface area contributed by atoms with E-state index < -0.39 is 0 Å². The summed E-state index contributed by atoms with van der Waals surface area (Å²) in [6.07, 6.45) is 10.0. The SMILES string of the molecule is O=C(Cn1cc(/C=C2\SC(=S)N(CCC3CCCC3)C2=O)c2ccccc21)NCc1ccccc1. The molecule has 3 aromatic rings. The second kappa shape index (κ2) is 10.8. The summed E-state index contributed by atoms with van der Waals surface area (Å²) in [6.45, 7) is 1.41. The number of thiocarbonyl (C=S) groups is 1. The zero-order valence-corrected chi connectivity index (χ0v) is 21.2. The molecular formula is C28H29N3O2S2. The predicted octanol–water partition coefficient (Wildman–Crippen LogP) is 5.74. The molecule has 1 saturated heterocycles. The number of hydrogen-bond donors (Lipinski definition) is 1. The third kappa shape index (κ3) is 5.52. The van der Waals surface area contributed by atoms with Gasteiger partial charge in [0.25, 0.3) is 5.91 Å². The van der Waals surface area contributed by atoms with Crippen molar-refractivity contribution in [3.8, 4) is 0 Å². The third-order valence-corrected chi connectivity index (χ3v) is 8.24. The minimum absolute atomic E-state index is 0.00423. The van der Waals surface area contributed by atoms with Gasteiger partial charge in [-0.1, -0.05) is 98.2 Å². The maximum atomic E-state index is 13.1. The Bertz CT molecular complexity index is 1280. The summed E-state index contributed by atoms with van der Waals surface area (Å²) >= 11 is 6.92. The Hall–Kier alpha value is -2.90. The van der Waals surface area contributed by atoms with Gasteiger partial charge in [0, 0.05) is 35.8 Å². The summed E-state index contributed by atoms with van der Waals surface area (Å²) < 4.78 is 2.59. The van der Waals surface area contributed by atoms with E-state index in [4.69, 9.17) is 12.2 Å². The predicted molar refractivity (Wildman–Crippen MR) is 147 cm³/mol. The molecule has 0 atom stereocenters. The second-order valence-corrected chi connectivity index (χ2v) is 10.9. The summed E-state index contributed by atoms with van der Waals surface area (Å²) in [4.78, 5) is 28.2. The minimum Gasteiger partial charge on any atom is -0.350 e. The number of benzene rings is 2. The van der Waals surface area contributed by atoms with Crippen molar-refractivity contribution in [1.29, 1.82) is 0 Å². The van der Waals surface area contributed by atoms with Crippen LogP contribution in [0.4, 0.5) is 0 Å². The molecule has 2 heterocycles. The van der Waals surface area contributed by atoms with E-state index in [0.29, 0.717) is 22.3 Å². The van der Waals surface area contributed by atoms with Crippen LogP contribution in [0.25, 0.3) is 17.0 Å². The highest BCUT2D eigenvalue weighted by Crippen LogP contribution is 2.36. The largest absolute Gasteiger partial charge is 0.350 e. The van der Waals surface area contributed by atoms with Gasteiger partial charge in [-0.05, 0) is 30.0 Å². The molecule has 0 radical (unpaired) electrons. The maximum absolute atomic E-state index is 13.1. The molecule has 1 aliphatic heterocycles. The fourth-order valence-electron chi connectivity index (χ4n) is 4.97. The molecule has 0 bridgehead atoms. The van der Waals surface area contributed by atoms with Gasteiger partial charge in [-0.25, -0.2) is 0 Å². The van der Waals surface area contributed by atoms with Crippen molar-refractivity contribution >= 4 is 57.1 Å². The first-order valence-corrected chi connectivity index (χ1v) is 13.4. The first kappa shape index (κ1) is 23.8. The molecule has 1 saturated carbocycles. The number of aromatic nitrogens is 1. The van der Waals surface area contributed by atoms with Gasteiger partial charge < -0.3 is 9.88 Å². The van der Waals surface area contributed by atoms with Crippen LogP contribution >= 0.6 is 24.0 Å². The highest BCUT2D eigenvalue weighted by atomic mass is 32.2. The van der Waals surface area contributed by atoms with Gasteiger partial charge in [-0.15, -0.1) is 0 Å². The van der Waals surface area contributed by atoms with Crippen LogP contribution < -0.4 is 5.32 Å². The summed E-state index contributed by atoms with van der Waals surface area (Å²) in [5.74, 6) is 0.657. The first-order valence-electron chi connectivity index (χ1n) is 12.2. The van der Waals surface area contributed by atoms with Crippen molar-refractivity contribution in [2.75, 3.05) is 6.54 Å². The third-order valence-electron chi connectivity index (χ3n) is 6.86. The van der Waals surface area contributed by atoms with Gasteiger partial charge in [0.05, 0.1) is 4.91 Å². The number of nitrogens with one attached hydrogen (secondary N) is 1. The monoisotopic (exact) mass is 503 g/mol. The van der Waals surface area contributed by atoms with Crippen molar-refractivity contribution < 1.29 is 9.59 Å². The zero-order chi connectivity index (χ0) is 24.2. The van der Waals surface area contributed by atoms with Crippen LogP contribution in [-0.4, -0.2) is 32.1 Å². The Labute approximate surface area is 215 Å². The van der Waals surface area contributed by atoms with Crippen molar-refractivity contribution in [1.82, 2.24) is 14.8 Å². The van der Waals surface area contributed by atoms with Crippen molar-refractivity contribution in [3.63, 3.8) is 0 Å². The Morgan fingerprint density at radius 2 is 1.83 bits per heavy atom. The molecule has 1 aliphatic carbocycles. The number of para-hydroxylation sites is 1. The summed E-state index contributed by atoms with van der Waals surface area (Å²) in [7, 11) is 0. The van der Waals surface area contributed by atoms with Crippen LogP contribution in [0.2, 0.25) is 0 Å². The van der Waals surface area contributed by atoms with E-state index in [2.05, 4.69) is 5.32 Å². The van der Waals surface area contributed by atoms with E-state index in [1.807, 2.05) is 71.4 Å². The number of nitrogens with zero attached hydrogens (tertiary/aromatic N) is 2. The first-order chi connectivity index (χ1) is 17.1. The Balaban J connectivity index is 1.31. The highest BCUT2D eigenvalue weighted by Gasteiger charge is 2.32. The molecule has 2 amide bonds. The van der Waals surface area contributed by atoms with E-state index in [1.165, 1.54) is 37.4 Å². The lowest BCUT2D eigenvalue weighted by atomic mass is 10.0. The quantitative estimate of drug-likeness (QED) is 0.315. The lowest BCUT2D eigenvalue weighted by Crippen LogP contribution is -2.30. The van der Waals surface area contributed by atoms with Crippen LogP contribution in [0, 0.1) is 5.92 Å². The molecule has 7 heteroatoms. The van der Waals surface area contributed by atoms with Crippen LogP contribution in [-0.2, 0) is 22.7 Å². The number of amides is 2. The molecule has 5 rings (SSSR count). The smallest absolute Gasteiger partial charge is 0.266 e. The Morgan fingerprint density at radius 1 is 1.09 bits per heavy atom. The lowest BCUT2D eigenvalue weighted by Gasteiger charge is -2.17. The molecule has 2 aliphatic rings. The molecular weight excluding hydrogens is 474 g/mol. The topological polar surface area (TPSA) is 54.3 Å². The average molecular weight is 504 g/mol. The number of carbonyl (C=O) groups excluding carboxylic acids is 2. The van der Waals surface area contributed by atoms with Gasteiger partial charge in [0.1, 0.15) is 10.9 Å². The standard InChI is InChI=1S/C28H29N3O2S2/c32-26(29-17-21-10-2-1-3-11-21)19-30-18-22(23-12-6-7-13-24(23)30)16-25-27(33)31(28(34)35-25)15-14-20-8-4-5-9-20/h1-3,6-7,10-13,16,18,20H,4-5,8-9,14-15,17,19H2,(H,29,32)/b25-16-. The Morgan fingerprint density at radius 3 is 2.63 bits per heavy atom.